The van der Waals surface area contributed by atoms with Crippen LogP contribution >= 0.6 is 0 Å². The lowest BCUT2D eigenvalue weighted by atomic mass is 9.95. The summed E-state index contributed by atoms with van der Waals surface area (Å²) in [5.74, 6) is 0. The largest absolute Gasteiger partial charge is 0.269 e. The lowest BCUT2D eigenvalue weighted by Gasteiger charge is -2.13. The van der Waals surface area contributed by atoms with Crippen molar-refractivity contribution in [3.63, 3.8) is 0 Å². The van der Waals surface area contributed by atoms with Gasteiger partial charge in [-0.1, -0.05) is 6.07 Å². The minimum Gasteiger partial charge on any atom is -0.269 e. The molecule has 3 rings (SSSR count). The minimum atomic E-state index is 0.954. The van der Waals surface area contributed by atoms with Gasteiger partial charge in [0.2, 0.25) is 0 Å². The predicted octanol–water partition coefficient (Wildman–Crippen LogP) is 2.84. The smallest absolute Gasteiger partial charge is 0.114 e. The van der Waals surface area contributed by atoms with Crippen molar-refractivity contribution >= 4 is 0 Å². The van der Waals surface area contributed by atoms with Crippen LogP contribution in [0, 0.1) is 0 Å². The van der Waals surface area contributed by atoms with Crippen molar-refractivity contribution in [2.24, 2.45) is 0 Å². The second kappa shape index (κ2) is 4.32. The predicted molar refractivity (Wildman–Crippen MR) is 67.8 cm³/mol. The Kier molecular flexibility index (Phi) is 2.67. The van der Waals surface area contributed by atoms with Crippen molar-refractivity contribution in [3.8, 4) is 11.4 Å². The SMILES string of the molecule is CCn1nc(-c2ccccn2)c2c1CCCC2. The highest BCUT2D eigenvalue weighted by atomic mass is 15.3. The normalized spacial score (nSPS) is 14.6. The molecule has 0 bridgehead atoms. The van der Waals surface area contributed by atoms with Gasteiger partial charge in [-0.3, -0.25) is 9.67 Å². The van der Waals surface area contributed by atoms with Gasteiger partial charge >= 0.3 is 0 Å². The van der Waals surface area contributed by atoms with Crippen molar-refractivity contribution in [1.82, 2.24) is 14.8 Å². The average Bonchev–Trinajstić information content (AvgIpc) is 2.78. The van der Waals surface area contributed by atoms with Gasteiger partial charge in [0.1, 0.15) is 5.69 Å². The number of hydrogen-bond donors (Lipinski definition) is 0. The van der Waals surface area contributed by atoms with E-state index in [1.165, 1.54) is 30.5 Å². The van der Waals surface area contributed by atoms with Gasteiger partial charge in [-0.05, 0) is 44.7 Å². The van der Waals surface area contributed by atoms with Crippen molar-refractivity contribution < 1.29 is 0 Å². The Balaban J connectivity index is 2.14. The van der Waals surface area contributed by atoms with E-state index in [0.717, 1.165) is 24.4 Å². The highest BCUT2D eigenvalue weighted by molar-refractivity contribution is 5.60. The maximum Gasteiger partial charge on any atom is 0.114 e. The van der Waals surface area contributed by atoms with E-state index in [0.29, 0.717) is 0 Å². The molecule has 3 heteroatoms. The summed E-state index contributed by atoms with van der Waals surface area (Å²) in [6.07, 6.45) is 6.74. The van der Waals surface area contributed by atoms with E-state index in [2.05, 4.69) is 22.7 Å². The summed E-state index contributed by atoms with van der Waals surface area (Å²) in [5.41, 5.74) is 4.97. The average molecular weight is 227 g/mol. The highest BCUT2D eigenvalue weighted by Crippen LogP contribution is 2.29. The molecule has 0 unspecified atom stereocenters. The Morgan fingerprint density at radius 3 is 2.88 bits per heavy atom. The molecule has 0 N–H and O–H groups in total. The second-order valence-corrected chi connectivity index (χ2v) is 4.51. The molecule has 3 nitrogen and oxygen atoms in total. The monoisotopic (exact) mass is 227 g/mol. The van der Waals surface area contributed by atoms with Crippen LogP contribution in [0.25, 0.3) is 11.4 Å². The van der Waals surface area contributed by atoms with Crippen molar-refractivity contribution in [1.29, 1.82) is 0 Å². The third-order valence-electron chi connectivity index (χ3n) is 3.46. The summed E-state index contributed by atoms with van der Waals surface area (Å²) in [6, 6.07) is 6.03. The van der Waals surface area contributed by atoms with Crippen LogP contribution in [0.15, 0.2) is 24.4 Å². The molecule has 17 heavy (non-hydrogen) atoms. The number of aromatic nitrogens is 3. The Bertz CT molecular complexity index is 514. The van der Waals surface area contributed by atoms with Crippen LogP contribution < -0.4 is 0 Å². The van der Waals surface area contributed by atoms with E-state index in [4.69, 9.17) is 5.10 Å². The van der Waals surface area contributed by atoms with Gasteiger partial charge in [0.05, 0.1) is 5.69 Å². The summed E-state index contributed by atoms with van der Waals surface area (Å²) in [6.45, 7) is 3.11. The zero-order valence-electron chi connectivity index (χ0n) is 10.2. The zero-order chi connectivity index (χ0) is 11.7. The molecule has 0 saturated heterocycles. The number of hydrogen-bond acceptors (Lipinski definition) is 2. The number of fused-ring (bicyclic) bond motifs is 1. The summed E-state index contributed by atoms with van der Waals surface area (Å²) in [7, 11) is 0. The lowest BCUT2D eigenvalue weighted by Crippen LogP contribution is -2.07. The summed E-state index contributed by atoms with van der Waals surface area (Å²) in [5, 5.41) is 4.73. The van der Waals surface area contributed by atoms with Crippen LogP contribution in [-0.2, 0) is 19.4 Å². The molecule has 1 aliphatic carbocycles. The van der Waals surface area contributed by atoms with E-state index in [1.54, 1.807) is 0 Å². The van der Waals surface area contributed by atoms with Crippen LogP contribution in [-0.4, -0.2) is 14.8 Å². The van der Waals surface area contributed by atoms with Gasteiger partial charge in [0, 0.05) is 24.0 Å². The third-order valence-corrected chi connectivity index (χ3v) is 3.46. The first-order valence-corrected chi connectivity index (χ1v) is 6.40. The summed E-state index contributed by atoms with van der Waals surface area (Å²) < 4.78 is 2.15. The second-order valence-electron chi connectivity index (χ2n) is 4.51. The molecule has 0 amide bonds. The van der Waals surface area contributed by atoms with Crippen LogP contribution in [0.2, 0.25) is 0 Å². The Labute approximate surface area is 101 Å². The van der Waals surface area contributed by atoms with Crippen LogP contribution in [0.5, 0.6) is 0 Å². The molecule has 0 radical (unpaired) electrons. The van der Waals surface area contributed by atoms with Gasteiger partial charge in [0.25, 0.3) is 0 Å². The molecule has 0 atom stereocenters. The van der Waals surface area contributed by atoms with Gasteiger partial charge in [-0.15, -0.1) is 0 Å². The molecule has 2 aromatic rings. The molecule has 88 valence electrons. The molecule has 2 aromatic heterocycles. The first kappa shape index (κ1) is 10.5. The first-order chi connectivity index (χ1) is 8.40. The minimum absolute atomic E-state index is 0.954. The van der Waals surface area contributed by atoms with Gasteiger partial charge < -0.3 is 0 Å². The molecule has 0 fully saturated rings. The van der Waals surface area contributed by atoms with Crippen LogP contribution in [0.3, 0.4) is 0 Å². The fourth-order valence-electron chi connectivity index (χ4n) is 2.64. The standard InChI is InChI=1S/C14H17N3/c1-2-17-13-9-4-3-7-11(13)14(16-17)12-8-5-6-10-15-12/h5-6,8,10H,2-4,7,9H2,1H3. The van der Waals surface area contributed by atoms with E-state index in [-0.39, 0.29) is 0 Å². The van der Waals surface area contributed by atoms with Crippen LogP contribution in [0.1, 0.15) is 31.0 Å². The van der Waals surface area contributed by atoms with Gasteiger partial charge in [0.15, 0.2) is 0 Å². The number of aryl methyl sites for hydroxylation is 1. The number of rotatable bonds is 2. The molecule has 0 saturated carbocycles. The molecular weight excluding hydrogens is 210 g/mol. The van der Waals surface area contributed by atoms with E-state index >= 15 is 0 Å². The Morgan fingerprint density at radius 1 is 1.24 bits per heavy atom. The van der Waals surface area contributed by atoms with Crippen molar-refractivity contribution in [3.05, 3.63) is 35.7 Å². The molecular formula is C14H17N3. The maximum absolute atomic E-state index is 4.73. The van der Waals surface area contributed by atoms with E-state index < -0.39 is 0 Å². The number of pyridine rings is 1. The summed E-state index contributed by atoms with van der Waals surface area (Å²) in [4.78, 5) is 4.43. The van der Waals surface area contributed by atoms with Crippen LogP contribution in [0.4, 0.5) is 0 Å². The lowest BCUT2D eigenvalue weighted by molar-refractivity contribution is 0.582. The molecule has 0 spiro atoms. The molecule has 0 aliphatic heterocycles. The van der Waals surface area contributed by atoms with Gasteiger partial charge in [-0.25, -0.2) is 0 Å². The fourth-order valence-corrected chi connectivity index (χ4v) is 2.64. The summed E-state index contributed by atoms with van der Waals surface area (Å²) >= 11 is 0. The third kappa shape index (κ3) is 1.75. The van der Waals surface area contributed by atoms with Crippen molar-refractivity contribution in [2.75, 3.05) is 0 Å². The zero-order valence-corrected chi connectivity index (χ0v) is 10.2. The Hall–Kier alpha value is -1.64. The molecule has 2 heterocycles. The van der Waals surface area contributed by atoms with Crippen molar-refractivity contribution in [2.45, 2.75) is 39.2 Å². The number of nitrogens with zero attached hydrogens (tertiary/aromatic N) is 3. The maximum atomic E-state index is 4.73. The highest BCUT2D eigenvalue weighted by Gasteiger charge is 2.21. The first-order valence-electron chi connectivity index (χ1n) is 6.40. The van der Waals surface area contributed by atoms with Gasteiger partial charge in [-0.2, -0.15) is 5.10 Å². The van der Waals surface area contributed by atoms with E-state index in [9.17, 15) is 0 Å². The van der Waals surface area contributed by atoms with E-state index in [1.807, 2.05) is 18.3 Å². The fraction of sp³-hybridized carbons (Fsp3) is 0.429. The molecule has 1 aliphatic rings. The quantitative estimate of drug-likeness (QED) is 0.789. The Morgan fingerprint density at radius 2 is 2.12 bits per heavy atom. The molecule has 0 aromatic carbocycles. The topological polar surface area (TPSA) is 30.7 Å².